The number of carbonyl (C=O) groups excluding carboxylic acids is 1. The van der Waals surface area contributed by atoms with E-state index in [1.165, 1.54) is 36.1 Å². The van der Waals surface area contributed by atoms with Crippen LogP contribution in [0.5, 0.6) is 0 Å². The number of nitrogens with zero attached hydrogens (tertiary/aromatic N) is 6. The largest absolute Gasteiger partial charge is 0.469 e. The SMILES string of the molecule is COC(=O)Cc1nc(Cn2nc(-c3ccc(Cl)cc3)n(C[C@H](O)C(F)(F)F)c2=O)nn1-c1ccccc1Cl. The van der Waals surface area contributed by atoms with Crippen molar-refractivity contribution in [3.8, 4) is 17.1 Å². The van der Waals surface area contributed by atoms with Crippen molar-refractivity contribution in [3.05, 3.63) is 80.7 Å². The van der Waals surface area contributed by atoms with Gasteiger partial charge >= 0.3 is 17.8 Å². The topological polar surface area (TPSA) is 117 Å². The maximum Gasteiger partial charge on any atom is 0.416 e. The first-order valence-corrected chi connectivity index (χ1v) is 11.7. The summed E-state index contributed by atoms with van der Waals surface area (Å²) in [6, 6.07) is 12.6. The average Bonchev–Trinajstić information content (AvgIpc) is 3.40. The fourth-order valence-corrected chi connectivity index (χ4v) is 3.86. The molecule has 0 aliphatic carbocycles. The molecule has 2 aromatic carbocycles. The Morgan fingerprint density at radius 1 is 1.11 bits per heavy atom. The first kappa shape index (κ1) is 27.4. The number of rotatable bonds is 8. The third kappa shape index (κ3) is 5.90. The van der Waals surface area contributed by atoms with Crippen LogP contribution >= 0.6 is 23.2 Å². The molecule has 10 nitrogen and oxygen atoms in total. The van der Waals surface area contributed by atoms with Crippen LogP contribution in [-0.2, 0) is 29.0 Å². The number of para-hydroxylation sites is 1. The average molecular weight is 571 g/mol. The van der Waals surface area contributed by atoms with E-state index in [1.807, 2.05) is 0 Å². The number of methoxy groups -OCH3 is 1. The summed E-state index contributed by atoms with van der Waals surface area (Å²) in [6.07, 6.45) is -8.05. The number of hydrogen-bond donors (Lipinski definition) is 1. The minimum atomic E-state index is -4.96. The van der Waals surface area contributed by atoms with E-state index >= 15 is 0 Å². The molecule has 200 valence electrons. The molecule has 0 saturated carbocycles. The second-order valence-electron chi connectivity index (χ2n) is 8.00. The Morgan fingerprint density at radius 2 is 1.79 bits per heavy atom. The minimum absolute atomic E-state index is 0.0228. The quantitative estimate of drug-likeness (QED) is 0.323. The zero-order valence-corrected chi connectivity index (χ0v) is 21.1. The van der Waals surface area contributed by atoms with E-state index in [-0.39, 0.29) is 30.4 Å². The molecule has 2 aromatic heterocycles. The molecule has 1 atom stereocenters. The van der Waals surface area contributed by atoms with Gasteiger partial charge in [-0.15, -0.1) is 10.2 Å². The first-order valence-electron chi connectivity index (χ1n) is 10.9. The monoisotopic (exact) mass is 570 g/mol. The summed E-state index contributed by atoms with van der Waals surface area (Å²) in [5.74, 6) is -0.562. The molecule has 0 unspecified atom stereocenters. The Balaban J connectivity index is 1.78. The normalized spacial score (nSPS) is 12.5. The summed E-state index contributed by atoms with van der Waals surface area (Å²) >= 11 is 12.2. The third-order valence-corrected chi connectivity index (χ3v) is 5.95. The fraction of sp³-hybridized carbons (Fsp3) is 0.261. The van der Waals surface area contributed by atoms with Crippen molar-refractivity contribution in [1.82, 2.24) is 29.1 Å². The number of hydrogen-bond acceptors (Lipinski definition) is 7. The number of esters is 1. The molecule has 4 rings (SSSR count). The zero-order valence-electron chi connectivity index (χ0n) is 19.6. The molecule has 15 heteroatoms. The van der Waals surface area contributed by atoms with Gasteiger partial charge in [-0.25, -0.2) is 19.1 Å². The van der Waals surface area contributed by atoms with Gasteiger partial charge < -0.3 is 9.84 Å². The second-order valence-corrected chi connectivity index (χ2v) is 8.84. The van der Waals surface area contributed by atoms with Gasteiger partial charge in [0.2, 0.25) is 0 Å². The fourth-order valence-electron chi connectivity index (χ4n) is 3.52. The highest BCUT2D eigenvalue weighted by Gasteiger charge is 2.39. The molecule has 0 fully saturated rings. The summed E-state index contributed by atoms with van der Waals surface area (Å²) in [5.41, 5.74) is -0.248. The highest BCUT2D eigenvalue weighted by Crippen LogP contribution is 2.25. The molecular weight excluding hydrogens is 552 g/mol. The number of aliphatic hydroxyl groups excluding tert-OH is 1. The van der Waals surface area contributed by atoms with Gasteiger partial charge in [-0.3, -0.25) is 9.36 Å². The van der Waals surface area contributed by atoms with Crippen LogP contribution in [0.15, 0.2) is 53.3 Å². The molecule has 0 aliphatic heterocycles. The van der Waals surface area contributed by atoms with Crippen LogP contribution in [0.25, 0.3) is 17.1 Å². The maximum absolute atomic E-state index is 13.1. The predicted octanol–water partition coefficient (Wildman–Crippen LogP) is 3.29. The molecular formula is C23H19Cl2F3N6O4. The van der Waals surface area contributed by atoms with Crippen molar-refractivity contribution in [3.63, 3.8) is 0 Å². The minimum Gasteiger partial charge on any atom is -0.469 e. The van der Waals surface area contributed by atoms with E-state index in [0.717, 1.165) is 4.68 Å². The lowest BCUT2D eigenvalue weighted by Gasteiger charge is -2.15. The lowest BCUT2D eigenvalue weighted by atomic mass is 10.2. The van der Waals surface area contributed by atoms with Crippen molar-refractivity contribution < 1.29 is 27.8 Å². The maximum atomic E-state index is 13.1. The van der Waals surface area contributed by atoms with Crippen molar-refractivity contribution >= 4 is 29.2 Å². The lowest BCUT2D eigenvalue weighted by molar-refractivity contribution is -0.207. The Morgan fingerprint density at radius 3 is 2.42 bits per heavy atom. The van der Waals surface area contributed by atoms with E-state index in [2.05, 4.69) is 15.2 Å². The van der Waals surface area contributed by atoms with E-state index in [1.54, 1.807) is 24.3 Å². The van der Waals surface area contributed by atoms with Crippen molar-refractivity contribution in [1.29, 1.82) is 0 Å². The lowest BCUT2D eigenvalue weighted by Crippen LogP contribution is -2.37. The zero-order chi connectivity index (χ0) is 27.6. The molecule has 0 amide bonds. The molecule has 2 heterocycles. The Labute approximate surface area is 222 Å². The summed E-state index contributed by atoms with van der Waals surface area (Å²) in [4.78, 5) is 29.4. The van der Waals surface area contributed by atoms with Gasteiger partial charge in [0.1, 0.15) is 18.8 Å². The molecule has 4 aromatic rings. The van der Waals surface area contributed by atoms with Crippen molar-refractivity contribution in [2.75, 3.05) is 7.11 Å². The van der Waals surface area contributed by atoms with Crippen LogP contribution < -0.4 is 5.69 Å². The first-order chi connectivity index (χ1) is 18.0. The van der Waals surface area contributed by atoms with Gasteiger partial charge in [-0.05, 0) is 36.4 Å². The number of carbonyl (C=O) groups is 1. The number of alkyl halides is 3. The molecule has 0 aliphatic rings. The molecule has 0 radical (unpaired) electrons. The Bertz CT molecular complexity index is 1510. The highest BCUT2D eigenvalue weighted by atomic mass is 35.5. The van der Waals surface area contributed by atoms with E-state index < -0.39 is 30.5 Å². The van der Waals surface area contributed by atoms with Crippen LogP contribution in [0.1, 0.15) is 11.6 Å². The number of benzene rings is 2. The molecule has 1 N–H and O–H groups in total. The van der Waals surface area contributed by atoms with Crippen LogP contribution in [-0.4, -0.2) is 59.6 Å². The van der Waals surface area contributed by atoms with Crippen molar-refractivity contribution in [2.45, 2.75) is 31.8 Å². The van der Waals surface area contributed by atoms with Crippen LogP contribution in [0.3, 0.4) is 0 Å². The van der Waals surface area contributed by atoms with Gasteiger partial charge in [0.15, 0.2) is 17.8 Å². The van der Waals surface area contributed by atoms with Crippen LogP contribution in [0, 0.1) is 0 Å². The van der Waals surface area contributed by atoms with Gasteiger partial charge in [-0.1, -0.05) is 35.3 Å². The van der Waals surface area contributed by atoms with Gasteiger partial charge in [0, 0.05) is 10.6 Å². The third-order valence-electron chi connectivity index (χ3n) is 5.38. The van der Waals surface area contributed by atoms with E-state index in [0.29, 0.717) is 25.9 Å². The van der Waals surface area contributed by atoms with Gasteiger partial charge in [0.25, 0.3) is 0 Å². The number of ether oxygens (including phenoxy) is 1. The predicted molar refractivity (Wildman–Crippen MR) is 130 cm³/mol. The smallest absolute Gasteiger partial charge is 0.416 e. The van der Waals surface area contributed by atoms with Gasteiger partial charge in [0.05, 0.1) is 24.4 Å². The number of aliphatic hydroxyl groups is 1. The standard InChI is InChI=1S/C23H19Cl2F3N6O4/c1-38-20(36)10-19-29-18(30-34(19)16-5-3-2-4-15(16)25)12-33-22(37)32(11-17(35)23(26,27)28)21(31-33)13-6-8-14(24)9-7-13/h2-9,17,35H,10-12H2,1H3/t17-/m0/s1. The van der Waals surface area contributed by atoms with Gasteiger partial charge in [-0.2, -0.15) is 13.2 Å². The van der Waals surface area contributed by atoms with E-state index in [9.17, 15) is 27.9 Å². The molecule has 0 saturated heterocycles. The highest BCUT2D eigenvalue weighted by molar-refractivity contribution is 6.32. The second kappa shape index (κ2) is 11.0. The summed E-state index contributed by atoms with van der Waals surface area (Å²) in [7, 11) is 1.21. The summed E-state index contributed by atoms with van der Waals surface area (Å²) in [6.45, 7) is -1.45. The molecule has 0 spiro atoms. The van der Waals surface area contributed by atoms with E-state index in [4.69, 9.17) is 27.9 Å². The Hall–Kier alpha value is -3.68. The van der Waals surface area contributed by atoms with Crippen molar-refractivity contribution in [2.24, 2.45) is 0 Å². The summed E-state index contributed by atoms with van der Waals surface area (Å²) in [5, 5.41) is 18.9. The molecule has 38 heavy (non-hydrogen) atoms. The molecule has 0 bridgehead atoms. The Kier molecular flexibility index (Phi) is 7.90. The van der Waals surface area contributed by atoms with Crippen LogP contribution in [0.2, 0.25) is 10.0 Å². The summed E-state index contributed by atoms with van der Waals surface area (Å²) < 4.78 is 46.9. The number of aromatic nitrogens is 6. The number of halogens is 5. The van der Waals surface area contributed by atoms with Crippen LogP contribution in [0.4, 0.5) is 13.2 Å².